The van der Waals surface area contributed by atoms with Crippen molar-refractivity contribution in [1.82, 2.24) is 35.3 Å². The Morgan fingerprint density at radius 2 is 1.92 bits per heavy atom. The van der Waals surface area contributed by atoms with Crippen molar-refractivity contribution < 1.29 is 31.9 Å². The molecule has 0 bridgehead atoms. The zero-order valence-electron chi connectivity index (χ0n) is 20.2. The van der Waals surface area contributed by atoms with E-state index in [1.165, 1.54) is 11.1 Å². The van der Waals surface area contributed by atoms with Gasteiger partial charge in [0.05, 0.1) is 24.3 Å². The maximum atomic E-state index is 13.5. The van der Waals surface area contributed by atoms with E-state index < -0.39 is 29.8 Å². The van der Waals surface area contributed by atoms with Crippen molar-refractivity contribution >= 4 is 5.97 Å². The summed E-state index contributed by atoms with van der Waals surface area (Å²) in [7, 11) is 0. The lowest BCUT2D eigenvalue weighted by molar-refractivity contribution is -0.192. The molecule has 0 spiro atoms. The summed E-state index contributed by atoms with van der Waals surface area (Å²) in [6.07, 6.45) is 9.12. The second-order valence-electron chi connectivity index (χ2n) is 9.56. The van der Waals surface area contributed by atoms with Gasteiger partial charge in [0, 0.05) is 50.4 Å². The predicted molar refractivity (Wildman–Crippen MR) is 120 cm³/mol. The first-order chi connectivity index (χ1) is 17.9. The molecule has 0 radical (unpaired) electrons. The van der Waals surface area contributed by atoms with E-state index in [2.05, 4.69) is 42.1 Å². The summed E-state index contributed by atoms with van der Waals surface area (Å²) in [5.74, 6) is -2.25. The van der Waals surface area contributed by atoms with Gasteiger partial charge in [-0.3, -0.25) is 4.68 Å². The number of hydrogen-bond donors (Lipinski definition) is 2. The Kier molecular flexibility index (Phi) is 7.77. The normalized spacial score (nSPS) is 20.4. The first kappa shape index (κ1) is 27.6. The zero-order valence-corrected chi connectivity index (χ0v) is 20.2. The quantitative estimate of drug-likeness (QED) is 0.343. The van der Waals surface area contributed by atoms with Gasteiger partial charge in [0.15, 0.2) is 11.5 Å². The van der Waals surface area contributed by atoms with E-state index in [4.69, 9.17) is 16.3 Å². The Morgan fingerprint density at radius 3 is 2.45 bits per heavy atom. The largest absolute Gasteiger partial charge is 0.490 e. The smallest absolute Gasteiger partial charge is 0.475 e. The van der Waals surface area contributed by atoms with Crippen molar-refractivity contribution in [3.05, 3.63) is 23.8 Å². The van der Waals surface area contributed by atoms with E-state index in [0.29, 0.717) is 31.3 Å². The highest BCUT2D eigenvalue weighted by atomic mass is 19.4. The minimum absolute atomic E-state index is 0.244. The molecule has 1 aliphatic heterocycles. The Bertz CT molecular complexity index is 1180. The van der Waals surface area contributed by atoms with E-state index in [-0.39, 0.29) is 18.9 Å². The summed E-state index contributed by atoms with van der Waals surface area (Å²) >= 11 is 0. The monoisotopic (exact) mass is 543 g/mol. The van der Waals surface area contributed by atoms with Gasteiger partial charge in [0.25, 0.3) is 5.92 Å². The molecule has 16 heteroatoms. The fourth-order valence-electron chi connectivity index (χ4n) is 4.25. The topological polar surface area (TPSA) is 135 Å². The average Bonchev–Trinajstić information content (AvgIpc) is 3.16. The molecule has 1 unspecified atom stereocenters. The number of carboxylic acids is 1. The van der Waals surface area contributed by atoms with Gasteiger partial charge in [-0.1, -0.05) is 0 Å². The maximum absolute atomic E-state index is 13.5. The van der Waals surface area contributed by atoms with Gasteiger partial charge in [0.1, 0.15) is 0 Å². The van der Waals surface area contributed by atoms with Gasteiger partial charge in [-0.2, -0.15) is 28.5 Å². The average molecular weight is 544 g/mol. The molecule has 11 nitrogen and oxygen atoms in total. The lowest BCUT2D eigenvalue weighted by Gasteiger charge is -2.35. The molecular weight excluding hydrogens is 517 g/mol. The van der Waals surface area contributed by atoms with Crippen LogP contribution in [0, 0.1) is 12.3 Å². The molecule has 2 N–H and O–H groups in total. The second kappa shape index (κ2) is 10.7. The number of aliphatic carboxylic acids is 1. The first-order valence-corrected chi connectivity index (χ1v) is 12.0. The molecule has 38 heavy (non-hydrogen) atoms. The summed E-state index contributed by atoms with van der Waals surface area (Å²) in [6.45, 7) is 0.602. The van der Waals surface area contributed by atoms with Gasteiger partial charge in [-0.25, -0.2) is 18.3 Å². The highest BCUT2D eigenvalue weighted by molar-refractivity contribution is 5.73. The van der Waals surface area contributed by atoms with Crippen molar-refractivity contribution in [3.63, 3.8) is 0 Å². The molecule has 0 saturated heterocycles. The van der Waals surface area contributed by atoms with Crippen LogP contribution in [0.15, 0.2) is 22.6 Å². The molecule has 5 rings (SSSR count). The number of aromatic nitrogens is 6. The molecule has 3 heterocycles. The van der Waals surface area contributed by atoms with E-state index >= 15 is 0 Å². The molecule has 0 aromatic carbocycles. The van der Waals surface area contributed by atoms with E-state index in [9.17, 15) is 22.0 Å². The number of nitrogens with zero attached hydrogens (tertiary/aromatic N) is 8. The summed E-state index contributed by atoms with van der Waals surface area (Å²) in [5, 5.41) is 35.5. The van der Waals surface area contributed by atoms with Crippen LogP contribution in [0.2, 0.25) is 0 Å². The number of hydrogen-bond acceptors (Lipinski definition) is 8. The fourth-order valence-corrected chi connectivity index (χ4v) is 4.25. The molecule has 1 atom stereocenters. The van der Waals surface area contributed by atoms with Crippen LogP contribution in [-0.2, 0) is 4.79 Å². The third-order valence-electron chi connectivity index (χ3n) is 6.76. The maximum Gasteiger partial charge on any atom is 0.490 e. The highest BCUT2D eigenvalue weighted by Gasteiger charge is 2.48. The summed E-state index contributed by atoms with van der Waals surface area (Å²) in [6, 6.07) is -0.338. The van der Waals surface area contributed by atoms with Crippen LogP contribution >= 0.6 is 0 Å². The van der Waals surface area contributed by atoms with Gasteiger partial charge in [0.2, 0.25) is 0 Å². The number of carbonyl (C=O) groups is 1. The van der Waals surface area contributed by atoms with Crippen molar-refractivity contribution in [3.8, 4) is 12.3 Å². The number of carboxylic acid groups (broad SMARTS) is 1. The van der Waals surface area contributed by atoms with Gasteiger partial charge in [-0.15, -0.1) is 17.4 Å². The molecule has 2 aliphatic carbocycles. The van der Waals surface area contributed by atoms with Crippen molar-refractivity contribution in [2.75, 3.05) is 6.54 Å². The summed E-state index contributed by atoms with van der Waals surface area (Å²) in [5.41, 5.74) is 0.513. The van der Waals surface area contributed by atoms with Gasteiger partial charge < -0.3 is 10.4 Å². The lowest BCUT2D eigenvalue weighted by atomic mass is 9.88. The Balaban J connectivity index is 0.000000426. The van der Waals surface area contributed by atoms with Crippen LogP contribution in [0.1, 0.15) is 80.9 Å². The summed E-state index contributed by atoms with van der Waals surface area (Å²) in [4.78, 5) is 8.90. The SMILES string of the molecule is C#CCCC1(CCNC(c2cnn(C3CCC3)c2)c2nnnn2C2CC(F)(F)C2)N=N1.O=C(O)C(F)(F)F. The Labute approximate surface area is 213 Å². The van der Waals surface area contributed by atoms with Crippen LogP contribution in [0.25, 0.3) is 0 Å². The third kappa shape index (κ3) is 6.50. The minimum Gasteiger partial charge on any atom is -0.475 e. The lowest BCUT2D eigenvalue weighted by Crippen LogP contribution is -2.39. The molecule has 0 amide bonds. The number of nitrogens with one attached hydrogen (secondary N) is 1. The van der Waals surface area contributed by atoms with Crippen LogP contribution in [0.5, 0.6) is 0 Å². The Hall–Kier alpha value is -3.48. The second-order valence-corrected chi connectivity index (χ2v) is 9.56. The fraction of sp³-hybridized carbons (Fsp3) is 0.682. The predicted octanol–water partition coefficient (Wildman–Crippen LogP) is 3.84. The number of halogens is 5. The molecule has 3 aliphatic rings. The van der Waals surface area contributed by atoms with Crippen LogP contribution in [-0.4, -0.2) is 65.4 Å². The van der Waals surface area contributed by atoms with E-state index in [1.54, 1.807) is 0 Å². The number of tetrazole rings is 1. The third-order valence-corrected chi connectivity index (χ3v) is 6.76. The number of alkyl halides is 5. The van der Waals surface area contributed by atoms with Crippen molar-refractivity contribution in [2.45, 2.75) is 87.3 Å². The molecule has 2 fully saturated rings. The van der Waals surface area contributed by atoms with Crippen molar-refractivity contribution in [1.29, 1.82) is 0 Å². The van der Waals surface area contributed by atoms with Crippen LogP contribution < -0.4 is 5.32 Å². The van der Waals surface area contributed by atoms with E-state index in [0.717, 1.165) is 24.8 Å². The van der Waals surface area contributed by atoms with E-state index in [1.807, 2.05) is 17.1 Å². The Morgan fingerprint density at radius 1 is 1.24 bits per heavy atom. The molecule has 2 aromatic heterocycles. The molecule has 2 aromatic rings. The first-order valence-electron chi connectivity index (χ1n) is 12.0. The summed E-state index contributed by atoms with van der Waals surface area (Å²) < 4.78 is 62.2. The number of rotatable bonds is 10. The zero-order chi connectivity index (χ0) is 27.6. The number of terminal acetylenes is 1. The van der Waals surface area contributed by atoms with Crippen LogP contribution in [0.3, 0.4) is 0 Å². The molecular formula is C22H26F5N9O2. The molecule has 2 saturated carbocycles. The van der Waals surface area contributed by atoms with Gasteiger partial charge in [-0.05, 0) is 29.7 Å². The minimum atomic E-state index is -5.08. The molecule has 206 valence electrons. The van der Waals surface area contributed by atoms with Crippen molar-refractivity contribution in [2.24, 2.45) is 10.2 Å². The standard InChI is InChI=1S/C20H25F2N9.C2HF3O2/c1-2-3-7-20(26-27-20)8-9-23-17(14-12-24-30(13-14)15-5-4-6-15)18-25-28-29-31(18)16-10-19(21,22)11-16;3-2(4,5)1(6)7/h1,12-13,15-17,23H,3-11H2;(H,6,7). The highest BCUT2D eigenvalue weighted by Crippen LogP contribution is 2.46. The van der Waals surface area contributed by atoms with Crippen LogP contribution in [0.4, 0.5) is 22.0 Å². The van der Waals surface area contributed by atoms with Gasteiger partial charge >= 0.3 is 12.1 Å².